The van der Waals surface area contributed by atoms with Crippen LogP contribution in [0.15, 0.2) is 66.7 Å². The summed E-state index contributed by atoms with van der Waals surface area (Å²) in [5, 5.41) is 14.1. The lowest BCUT2D eigenvalue weighted by Crippen LogP contribution is -2.38. The van der Waals surface area contributed by atoms with Gasteiger partial charge in [0.2, 0.25) is 0 Å². The molecular formula is C26H24N2O5. The fraction of sp³-hybridized carbons (Fsp3) is 0.192. The highest BCUT2D eigenvalue weighted by Crippen LogP contribution is 2.44. The zero-order chi connectivity index (χ0) is 23.5. The van der Waals surface area contributed by atoms with Gasteiger partial charge in [-0.25, -0.2) is 4.79 Å². The summed E-state index contributed by atoms with van der Waals surface area (Å²) in [5.74, 6) is -1.65. The number of hydrogen-bond acceptors (Lipinski definition) is 4. The van der Waals surface area contributed by atoms with Crippen molar-refractivity contribution in [2.45, 2.75) is 25.8 Å². The van der Waals surface area contributed by atoms with E-state index in [1.807, 2.05) is 24.3 Å². The Morgan fingerprint density at radius 1 is 0.970 bits per heavy atom. The Morgan fingerprint density at radius 2 is 1.58 bits per heavy atom. The second-order valence-corrected chi connectivity index (χ2v) is 8.01. The quantitative estimate of drug-likeness (QED) is 0.517. The molecule has 0 unspecified atom stereocenters. The molecule has 7 nitrogen and oxygen atoms in total. The molecule has 0 saturated carbocycles. The molecule has 2 amide bonds. The lowest BCUT2D eigenvalue weighted by atomic mass is 9.98. The van der Waals surface area contributed by atoms with Crippen LogP contribution in [0.2, 0.25) is 0 Å². The van der Waals surface area contributed by atoms with Crippen molar-refractivity contribution in [3.8, 4) is 11.1 Å². The molecule has 0 fully saturated rings. The SMILES string of the molecule is Cc1cc(C(=O)N[C@@H](C)C(=O)O)ccc1NC(=O)OCC1c2ccccc2-c2ccccc21. The molecule has 4 rings (SSSR count). The van der Waals surface area contributed by atoms with E-state index in [4.69, 9.17) is 9.84 Å². The summed E-state index contributed by atoms with van der Waals surface area (Å²) >= 11 is 0. The topological polar surface area (TPSA) is 105 Å². The van der Waals surface area contributed by atoms with Gasteiger partial charge < -0.3 is 15.2 Å². The summed E-state index contributed by atoms with van der Waals surface area (Å²) in [5.41, 5.74) is 6.04. The average molecular weight is 444 g/mol. The van der Waals surface area contributed by atoms with Gasteiger partial charge in [-0.1, -0.05) is 48.5 Å². The van der Waals surface area contributed by atoms with Gasteiger partial charge in [0.1, 0.15) is 12.6 Å². The number of nitrogens with one attached hydrogen (secondary N) is 2. The number of carboxylic acids is 1. The molecule has 0 aliphatic heterocycles. The number of aryl methyl sites for hydroxylation is 1. The van der Waals surface area contributed by atoms with Gasteiger partial charge in [0.25, 0.3) is 5.91 Å². The number of anilines is 1. The Labute approximate surface area is 191 Å². The molecule has 3 aromatic carbocycles. The third-order valence-corrected chi connectivity index (χ3v) is 5.79. The number of carbonyl (C=O) groups excluding carboxylic acids is 2. The van der Waals surface area contributed by atoms with Crippen LogP contribution in [0.1, 0.15) is 39.9 Å². The molecule has 3 aromatic rings. The predicted molar refractivity (Wildman–Crippen MR) is 124 cm³/mol. The molecule has 0 aromatic heterocycles. The highest BCUT2D eigenvalue weighted by molar-refractivity contribution is 5.97. The van der Waals surface area contributed by atoms with Crippen molar-refractivity contribution in [2.24, 2.45) is 0 Å². The number of ether oxygens (including phenoxy) is 1. The lowest BCUT2D eigenvalue weighted by molar-refractivity contribution is -0.138. The van der Waals surface area contributed by atoms with Crippen LogP contribution in [0.3, 0.4) is 0 Å². The second-order valence-electron chi connectivity index (χ2n) is 8.01. The number of rotatable bonds is 6. The number of carboxylic acid groups (broad SMARTS) is 1. The van der Waals surface area contributed by atoms with E-state index < -0.39 is 24.0 Å². The summed E-state index contributed by atoms with van der Waals surface area (Å²) in [4.78, 5) is 35.6. The van der Waals surface area contributed by atoms with Crippen LogP contribution in [-0.4, -0.2) is 35.7 Å². The molecular weight excluding hydrogens is 420 g/mol. The van der Waals surface area contributed by atoms with Gasteiger partial charge in [0, 0.05) is 17.2 Å². The van der Waals surface area contributed by atoms with E-state index in [-0.39, 0.29) is 12.5 Å². The smallest absolute Gasteiger partial charge is 0.411 e. The van der Waals surface area contributed by atoms with Gasteiger partial charge in [-0.15, -0.1) is 0 Å². The van der Waals surface area contributed by atoms with Gasteiger partial charge in [0.05, 0.1) is 0 Å². The van der Waals surface area contributed by atoms with Crippen LogP contribution < -0.4 is 10.6 Å². The van der Waals surface area contributed by atoms with E-state index in [1.165, 1.54) is 13.0 Å². The number of hydrogen-bond donors (Lipinski definition) is 3. The zero-order valence-corrected chi connectivity index (χ0v) is 18.3. The van der Waals surface area contributed by atoms with E-state index in [0.717, 1.165) is 22.3 Å². The number of benzene rings is 3. The van der Waals surface area contributed by atoms with E-state index in [1.54, 1.807) is 19.1 Å². The van der Waals surface area contributed by atoms with Crippen molar-refractivity contribution >= 4 is 23.7 Å². The number of carbonyl (C=O) groups is 3. The van der Waals surface area contributed by atoms with Crippen molar-refractivity contribution < 1.29 is 24.2 Å². The summed E-state index contributed by atoms with van der Waals surface area (Å²) in [7, 11) is 0. The molecule has 7 heteroatoms. The number of amides is 2. The first-order valence-electron chi connectivity index (χ1n) is 10.6. The monoisotopic (exact) mass is 444 g/mol. The normalized spacial score (nSPS) is 12.9. The maximum Gasteiger partial charge on any atom is 0.411 e. The fourth-order valence-electron chi connectivity index (χ4n) is 4.03. The molecule has 0 radical (unpaired) electrons. The second kappa shape index (κ2) is 9.16. The lowest BCUT2D eigenvalue weighted by Gasteiger charge is -2.15. The zero-order valence-electron chi connectivity index (χ0n) is 18.3. The molecule has 0 spiro atoms. The molecule has 1 atom stereocenters. The third kappa shape index (κ3) is 4.57. The van der Waals surface area contributed by atoms with E-state index in [2.05, 4.69) is 34.9 Å². The van der Waals surface area contributed by atoms with E-state index in [9.17, 15) is 14.4 Å². The molecule has 0 saturated heterocycles. The summed E-state index contributed by atoms with van der Waals surface area (Å²) in [6.45, 7) is 3.34. The molecule has 1 aliphatic carbocycles. The number of aliphatic carboxylic acids is 1. The van der Waals surface area contributed by atoms with Crippen molar-refractivity contribution in [3.63, 3.8) is 0 Å². The molecule has 33 heavy (non-hydrogen) atoms. The first-order valence-corrected chi connectivity index (χ1v) is 10.6. The van der Waals surface area contributed by atoms with Gasteiger partial charge in [0.15, 0.2) is 0 Å². The predicted octanol–water partition coefficient (Wildman–Crippen LogP) is 4.56. The number of fused-ring (bicyclic) bond motifs is 3. The highest BCUT2D eigenvalue weighted by Gasteiger charge is 2.29. The first-order chi connectivity index (χ1) is 15.8. The van der Waals surface area contributed by atoms with Gasteiger partial charge in [-0.2, -0.15) is 0 Å². The maximum absolute atomic E-state index is 12.5. The highest BCUT2D eigenvalue weighted by atomic mass is 16.5. The Balaban J connectivity index is 1.41. The first kappa shape index (κ1) is 22.1. The third-order valence-electron chi connectivity index (χ3n) is 5.79. The molecule has 3 N–H and O–H groups in total. The Morgan fingerprint density at radius 3 is 2.15 bits per heavy atom. The van der Waals surface area contributed by atoms with Crippen molar-refractivity contribution in [2.75, 3.05) is 11.9 Å². The van der Waals surface area contributed by atoms with Gasteiger partial charge in [-0.3, -0.25) is 14.9 Å². The van der Waals surface area contributed by atoms with Crippen molar-refractivity contribution in [3.05, 3.63) is 89.0 Å². The Hall–Kier alpha value is -4.13. The average Bonchev–Trinajstić information content (AvgIpc) is 3.12. The largest absolute Gasteiger partial charge is 0.480 e. The van der Waals surface area contributed by atoms with Crippen LogP contribution in [0, 0.1) is 6.92 Å². The Bertz CT molecular complexity index is 1190. The van der Waals surface area contributed by atoms with Gasteiger partial charge in [-0.05, 0) is 59.9 Å². The minimum atomic E-state index is -1.12. The van der Waals surface area contributed by atoms with Crippen LogP contribution in [0.5, 0.6) is 0 Å². The van der Waals surface area contributed by atoms with Crippen LogP contribution in [0.25, 0.3) is 11.1 Å². The standard InChI is InChI=1S/C26H24N2O5/c1-15-13-17(24(29)27-16(2)25(30)31)11-12-23(15)28-26(32)33-14-22-20-9-5-3-7-18(20)19-8-4-6-10-21(19)22/h3-13,16,22H,14H2,1-2H3,(H,27,29)(H,28,32)(H,30,31)/t16-/m0/s1. The Kier molecular flexibility index (Phi) is 6.13. The molecule has 0 heterocycles. The molecule has 1 aliphatic rings. The summed E-state index contributed by atoms with van der Waals surface area (Å²) in [6.07, 6.45) is -0.586. The maximum atomic E-state index is 12.5. The molecule has 0 bridgehead atoms. The summed E-state index contributed by atoms with van der Waals surface area (Å²) < 4.78 is 5.56. The van der Waals surface area contributed by atoms with Crippen LogP contribution >= 0.6 is 0 Å². The minimum Gasteiger partial charge on any atom is -0.480 e. The van der Waals surface area contributed by atoms with Crippen molar-refractivity contribution in [1.82, 2.24) is 5.32 Å². The van der Waals surface area contributed by atoms with Crippen LogP contribution in [0.4, 0.5) is 10.5 Å². The summed E-state index contributed by atoms with van der Waals surface area (Å²) in [6, 6.07) is 19.9. The van der Waals surface area contributed by atoms with Crippen LogP contribution in [-0.2, 0) is 9.53 Å². The van der Waals surface area contributed by atoms with Gasteiger partial charge >= 0.3 is 12.1 Å². The van der Waals surface area contributed by atoms with E-state index in [0.29, 0.717) is 16.8 Å². The van der Waals surface area contributed by atoms with Crippen molar-refractivity contribution in [1.29, 1.82) is 0 Å². The minimum absolute atomic E-state index is 0.0356. The molecule has 168 valence electrons. The van der Waals surface area contributed by atoms with E-state index >= 15 is 0 Å². The fourth-order valence-corrected chi connectivity index (χ4v) is 4.03.